The zero-order valence-corrected chi connectivity index (χ0v) is 13.4. The summed E-state index contributed by atoms with van der Waals surface area (Å²) in [6.07, 6.45) is 6.96. The largest absolute Gasteiger partial charge is 0.309 e. The van der Waals surface area contributed by atoms with Crippen LogP contribution in [0.5, 0.6) is 0 Å². The molecule has 2 heterocycles. The van der Waals surface area contributed by atoms with Gasteiger partial charge in [-0.3, -0.25) is 19.3 Å². The minimum atomic E-state index is -0.781. The highest BCUT2D eigenvalue weighted by Gasteiger charge is 2.60. The number of anilines is 1. The average molecular weight is 325 g/mol. The maximum atomic E-state index is 12.8. The number of aromatic nitrogens is 1. The zero-order chi connectivity index (χ0) is 16.8. The molecule has 1 aromatic heterocycles. The lowest BCUT2D eigenvalue weighted by Gasteiger charge is -2.25. The normalized spacial score (nSPS) is 31.5. The van der Waals surface area contributed by atoms with Crippen LogP contribution >= 0.6 is 0 Å². The summed E-state index contributed by atoms with van der Waals surface area (Å²) in [5.74, 6) is -0.570. The van der Waals surface area contributed by atoms with Gasteiger partial charge in [0, 0.05) is 6.20 Å². The molecule has 1 saturated carbocycles. The van der Waals surface area contributed by atoms with Crippen molar-refractivity contribution in [3.63, 3.8) is 0 Å². The van der Waals surface area contributed by atoms with Crippen molar-refractivity contribution in [1.82, 2.24) is 9.88 Å². The van der Waals surface area contributed by atoms with Crippen molar-refractivity contribution in [2.75, 3.05) is 5.32 Å². The van der Waals surface area contributed by atoms with Crippen LogP contribution in [-0.2, 0) is 14.4 Å². The van der Waals surface area contributed by atoms with Gasteiger partial charge in [-0.25, -0.2) is 4.98 Å². The first-order valence-corrected chi connectivity index (χ1v) is 8.39. The summed E-state index contributed by atoms with van der Waals surface area (Å²) in [6, 6.07) is 4.42. The fourth-order valence-corrected chi connectivity index (χ4v) is 4.36. The van der Waals surface area contributed by atoms with Crippen LogP contribution in [0.15, 0.2) is 36.5 Å². The molecule has 0 radical (unpaired) electrons. The van der Waals surface area contributed by atoms with Crippen molar-refractivity contribution in [2.24, 2.45) is 23.7 Å². The molecule has 6 nitrogen and oxygen atoms in total. The van der Waals surface area contributed by atoms with Crippen molar-refractivity contribution in [2.45, 2.75) is 25.8 Å². The predicted molar refractivity (Wildman–Crippen MR) is 86.5 cm³/mol. The average Bonchev–Trinajstić information content (AvgIpc) is 3.26. The summed E-state index contributed by atoms with van der Waals surface area (Å²) < 4.78 is 0. The molecule has 2 aliphatic carbocycles. The lowest BCUT2D eigenvalue weighted by molar-refractivity contribution is -0.147. The number of fused-ring (bicyclic) bond motifs is 5. The van der Waals surface area contributed by atoms with E-state index in [1.165, 1.54) is 4.90 Å². The third kappa shape index (κ3) is 2.09. The van der Waals surface area contributed by atoms with Gasteiger partial charge >= 0.3 is 0 Å². The molecule has 4 rings (SSSR count). The molecule has 1 N–H and O–H groups in total. The van der Waals surface area contributed by atoms with E-state index >= 15 is 0 Å². The lowest BCUT2D eigenvalue weighted by atomic mass is 9.85. The van der Waals surface area contributed by atoms with Gasteiger partial charge < -0.3 is 5.32 Å². The number of carbonyl (C=O) groups is 3. The maximum Gasteiger partial charge on any atom is 0.248 e. The second kappa shape index (κ2) is 5.54. The van der Waals surface area contributed by atoms with Gasteiger partial charge in [0.1, 0.15) is 11.9 Å². The molecule has 1 aromatic rings. The van der Waals surface area contributed by atoms with E-state index in [4.69, 9.17) is 0 Å². The van der Waals surface area contributed by atoms with Gasteiger partial charge in [0.25, 0.3) is 0 Å². The van der Waals surface area contributed by atoms with E-state index in [-0.39, 0.29) is 41.4 Å². The van der Waals surface area contributed by atoms with Crippen LogP contribution in [0.3, 0.4) is 0 Å². The molecular formula is C18H19N3O3. The number of pyridine rings is 1. The van der Waals surface area contributed by atoms with Gasteiger partial charge in [-0.2, -0.15) is 0 Å². The molecule has 24 heavy (non-hydrogen) atoms. The van der Waals surface area contributed by atoms with Crippen molar-refractivity contribution >= 4 is 23.5 Å². The summed E-state index contributed by atoms with van der Waals surface area (Å²) in [6.45, 7) is 1.81. The molecule has 0 aromatic carbocycles. The number of nitrogens with zero attached hydrogens (tertiary/aromatic N) is 2. The van der Waals surface area contributed by atoms with Gasteiger partial charge in [-0.05, 0) is 36.8 Å². The monoisotopic (exact) mass is 325 g/mol. The minimum Gasteiger partial charge on any atom is -0.309 e. The fraction of sp³-hybridized carbons (Fsp3) is 0.444. The van der Waals surface area contributed by atoms with Crippen molar-refractivity contribution in [3.8, 4) is 0 Å². The highest BCUT2D eigenvalue weighted by atomic mass is 16.2. The van der Waals surface area contributed by atoms with E-state index in [1.807, 2.05) is 6.92 Å². The molecular weight excluding hydrogens is 306 g/mol. The highest BCUT2D eigenvalue weighted by molar-refractivity contribution is 6.10. The van der Waals surface area contributed by atoms with E-state index in [1.54, 1.807) is 24.4 Å². The molecule has 2 fully saturated rings. The van der Waals surface area contributed by atoms with Crippen LogP contribution in [0.4, 0.5) is 5.82 Å². The molecule has 0 spiro atoms. The Kier molecular flexibility index (Phi) is 3.48. The predicted octanol–water partition coefficient (Wildman–Crippen LogP) is 1.61. The quantitative estimate of drug-likeness (QED) is 0.674. The molecule has 3 aliphatic rings. The number of imide groups is 1. The number of hydrogen-bond acceptors (Lipinski definition) is 4. The van der Waals surface area contributed by atoms with Crippen LogP contribution in [0.2, 0.25) is 0 Å². The molecule has 6 heteroatoms. The SMILES string of the molecule is CCC(C(=O)Nc1ccccn1)N1C(=O)C2C3C=CC(C3)C2C1=O. The first kappa shape index (κ1) is 15.1. The smallest absolute Gasteiger partial charge is 0.248 e. The number of rotatable bonds is 4. The number of hydrogen-bond donors (Lipinski definition) is 1. The first-order chi connectivity index (χ1) is 11.6. The summed E-state index contributed by atoms with van der Waals surface area (Å²) in [5, 5.41) is 2.70. The molecule has 2 bridgehead atoms. The van der Waals surface area contributed by atoms with Crippen molar-refractivity contribution in [1.29, 1.82) is 0 Å². The third-order valence-corrected chi connectivity index (χ3v) is 5.42. The summed E-state index contributed by atoms with van der Waals surface area (Å²) in [4.78, 5) is 43.5. The minimum absolute atomic E-state index is 0.151. The van der Waals surface area contributed by atoms with E-state index in [9.17, 15) is 14.4 Å². The molecule has 3 amide bonds. The lowest BCUT2D eigenvalue weighted by Crippen LogP contribution is -2.48. The van der Waals surface area contributed by atoms with Crippen LogP contribution in [0.1, 0.15) is 19.8 Å². The molecule has 1 aliphatic heterocycles. The topological polar surface area (TPSA) is 79.4 Å². The second-order valence-electron chi connectivity index (χ2n) is 6.67. The zero-order valence-electron chi connectivity index (χ0n) is 13.4. The van der Waals surface area contributed by atoms with Gasteiger partial charge in [0.05, 0.1) is 11.8 Å². The van der Waals surface area contributed by atoms with Gasteiger partial charge in [-0.1, -0.05) is 25.1 Å². The maximum absolute atomic E-state index is 12.8. The Morgan fingerprint density at radius 2 is 1.92 bits per heavy atom. The van der Waals surface area contributed by atoms with Gasteiger partial charge in [0.2, 0.25) is 17.7 Å². The highest BCUT2D eigenvalue weighted by Crippen LogP contribution is 2.52. The molecule has 124 valence electrons. The van der Waals surface area contributed by atoms with Crippen LogP contribution in [-0.4, -0.2) is 33.6 Å². The Morgan fingerprint density at radius 3 is 2.46 bits per heavy atom. The fourth-order valence-electron chi connectivity index (χ4n) is 4.36. The Morgan fingerprint density at radius 1 is 1.25 bits per heavy atom. The summed E-state index contributed by atoms with van der Waals surface area (Å²) in [7, 11) is 0. The number of nitrogens with one attached hydrogen (secondary N) is 1. The standard InChI is InChI=1S/C18H19N3O3/c1-2-12(16(22)20-13-5-3-4-8-19-13)21-17(23)14-10-6-7-11(9-10)15(14)18(21)24/h3-8,10-12,14-15H,2,9H2,1H3,(H,19,20,22). The Hall–Kier alpha value is -2.50. The molecule has 5 unspecified atom stereocenters. The van der Waals surface area contributed by atoms with Crippen LogP contribution < -0.4 is 5.32 Å². The molecule has 1 saturated heterocycles. The van der Waals surface area contributed by atoms with Crippen molar-refractivity contribution in [3.05, 3.63) is 36.5 Å². The van der Waals surface area contributed by atoms with E-state index in [0.717, 1.165) is 6.42 Å². The number of carbonyl (C=O) groups excluding carboxylic acids is 3. The number of amides is 3. The van der Waals surface area contributed by atoms with E-state index in [2.05, 4.69) is 22.5 Å². The van der Waals surface area contributed by atoms with E-state index in [0.29, 0.717) is 12.2 Å². The van der Waals surface area contributed by atoms with Crippen LogP contribution in [0.25, 0.3) is 0 Å². The summed E-state index contributed by atoms with van der Waals surface area (Å²) in [5.41, 5.74) is 0. The Balaban J connectivity index is 1.56. The molecule has 5 atom stereocenters. The van der Waals surface area contributed by atoms with Crippen LogP contribution in [0, 0.1) is 23.7 Å². The first-order valence-electron chi connectivity index (χ1n) is 8.39. The van der Waals surface area contributed by atoms with Gasteiger partial charge in [-0.15, -0.1) is 0 Å². The van der Waals surface area contributed by atoms with Crippen molar-refractivity contribution < 1.29 is 14.4 Å². The third-order valence-electron chi connectivity index (χ3n) is 5.42. The number of allylic oxidation sites excluding steroid dienone is 2. The number of likely N-dealkylation sites (tertiary alicyclic amines) is 1. The second-order valence-corrected chi connectivity index (χ2v) is 6.67. The summed E-state index contributed by atoms with van der Waals surface area (Å²) >= 11 is 0. The van der Waals surface area contributed by atoms with E-state index < -0.39 is 6.04 Å². The Labute approximate surface area is 139 Å². The van der Waals surface area contributed by atoms with Gasteiger partial charge in [0.15, 0.2) is 0 Å². The Bertz CT molecular complexity index is 700.